The summed E-state index contributed by atoms with van der Waals surface area (Å²) >= 11 is 0. The molecule has 1 heterocycles. The minimum Gasteiger partial charge on any atom is -0.349 e. The van der Waals surface area contributed by atoms with Gasteiger partial charge in [0.2, 0.25) is 5.91 Å². The number of fused-ring (bicyclic) bond motifs is 1. The first-order chi connectivity index (χ1) is 11.7. The molecule has 3 aromatic rings. The highest BCUT2D eigenvalue weighted by molar-refractivity contribution is 5.96. The minimum atomic E-state index is -0.269. The van der Waals surface area contributed by atoms with Crippen molar-refractivity contribution in [3.05, 3.63) is 78.0 Å². The van der Waals surface area contributed by atoms with Crippen molar-refractivity contribution in [3.8, 4) is 0 Å². The molecule has 0 spiro atoms. The summed E-state index contributed by atoms with van der Waals surface area (Å²) in [5.41, 5.74) is 2.19. The Morgan fingerprint density at radius 3 is 2.42 bits per heavy atom. The van der Waals surface area contributed by atoms with E-state index in [0.717, 1.165) is 16.6 Å². The van der Waals surface area contributed by atoms with Gasteiger partial charge in [-0.3, -0.25) is 14.6 Å². The number of benzene rings is 2. The molecule has 5 nitrogen and oxygen atoms in total. The average molecular weight is 319 g/mol. The van der Waals surface area contributed by atoms with E-state index in [0.29, 0.717) is 12.1 Å². The molecule has 0 saturated carbocycles. The number of amides is 2. The van der Waals surface area contributed by atoms with Crippen molar-refractivity contribution >= 4 is 22.7 Å². The first-order valence-electron chi connectivity index (χ1n) is 7.67. The number of rotatable bonds is 5. The number of pyridine rings is 1. The lowest BCUT2D eigenvalue weighted by atomic mass is 10.2. The molecule has 5 heteroatoms. The lowest BCUT2D eigenvalue weighted by molar-refractivity contribution is -0.120. The van der Waals surface area contributed by atoms with Crippen LogP contribution in [0.3, 0.4) is 0 Å². The van der Waals surface area contributed by atoms with E-state index < -0.39 is 0 Å². The van der Waals surface area contributed by atoms with Crippen molar-refractivity contribution in [2.75, 3.05) is 6.54 Å². The fourth-order valence-electron chi connectivity index (χ4n) is 2.31. The summed E-state index contributed by atoms with van der Waals surface area (Å²) in [4.78, 5) is 28.2. The highest BCUT2D eigenvalue weighted by atomic mass is 16.2. The molecule has 0 unspecified atom stereocenters. The summed E-state index contributed by atoms with van der Waals surface area (Å²) < 4.78 is 0. The molecule has 0 fully saturated rings. The van der Waals surface area contributed by atoms with Crippen LogP contribution in [0.2, 0.25) is 0 Å². The number of hydrogen-bond donors (Lipinski definition) is 2. The van der Waals surface area contributed by atoms with Gasteiger partial charge in [-0.25, -0.2) is 0 Å². The number of para-hydroxylation sites is 1. The number of carbonyl (C=O) groups excluding carboxylic acids is 2. The van der Waals surface area contributed by atoms with Gasteiger partial charge >= 0.3 is 0 Å². The van der Waals surface area contributed by atoms with Gasteiger partial charge in [0.05, 0.1) is 24.3 Å². The second kappa shape index (κ2) is 7.37. The Balaban J connectivity index is 1.50. The second-order valence-electron chi connectivity index (χ2n) is 5.32. The van der Waals surface area contributed by atoms with Crippen molar-refractivity contribution in [2.45, 2.75) is 6.54 Å². The molecule has 0 radical (unpaired) electrons. The van der Waals surface area contributed by atoms with Crippen LogP contribution >= 0.6 is 0 Å². The third-order valence-corrected chi connectivity index (χ3v) is 3.57. The zero-order valence-electron chi connectivity index (χ0n) is 13.0. The predicted octanol–water partition coefficient (Wildman–Crippen LogP) is 2.28. The van der Waals surface area contributed by atoms with Crippen molar-refractivity contribution < 1.29 is 9.59 Å². The summed E-state index contributed by atoms with van der Waals surface area (Å²) in [6.07, 6.45) is 0. The van der Waals surface area contributed by atoms with Crippen LogP contribution in [-0.4, -0.2) is 23.3 Å². The quantitative estimate of drug-likeness (QED) is 0.758. The van der Waals surface area contributed by atoms with Gasteiger partial charge in [0.15, 0.2) is 0 Å². The maximum absolute atomic E-state index is 11.9. The van der Waals surface area contributed by atoms with E-state index in [1.54, 1.807) is 24.3 Å². The number of carbonyl (C=O) groups is 2. The number of nitrogens with zero attached hydrogens (tertiary/aromatic N) is 1. The van der Waals surface area contributed by atoms with Crippen LogP contribution in [0, 0.1) is 0 Å². The highest BCUT2D eigenvalue weighted by Crippen LogP contribution is 2.11. The van der Waals surface area contributed by atoms with Crippen LogP contribution < -0.4 is 10.6 Å². The SMILES string of the molecule is O=C(CNC(=O)c1ccccc1)NCc1ccc2ccccc2n1. The molecular weight excluding hydrogens is 302 g/mol. The van der Waals surface area contributed by atoms with E-state index in [2.05, 4.69) is 15.6 Å². The molecule has 0 aliphatic heterocycles. The van der Waals surface area contributed by atoms with Crippen molar-refractivity contribution in [2.24, 2.45) is 0 Å². The summed E-state index contributed by atoms with van der Waals surface area (Å²) in [5.74, 6) is -0.524. The second-order valence-corrected chi connectivity index (χ2v) is 5.32. The molecule has 2 amide bonds. The Hall–Kier alpha value is -3.21. The third-order valence-electron chi connectivity index (χ3n) is 3.57. The van der Waals surface area contributed by atoms with Gasteiger partial charge in [0.25, 0.3) is 5.91 Å². The number of hydrogen-bond acceptors (Lipinski definition) is 3. The average Bonchev–Trinajstić information content (AvgIpc) is 2.65. The van der Waals surface area contributed by atoms with Gasteiger partial charge in [-0.05, 0) is 24.3 Å². The molecule has 3 rings (SSSR count). The number of aromatic nitrogens is 1. The van der Waals surface area contributed by atoms with Gasteiger partial charge in [-0.15, -0.1) is 0 Å². The first kappa shape index (κ1) is 15.7. The smallest absolute Gasteiger partial charge is 0.251 e. The fourth-order valence-corrected chi connectivity index (χ4v) is 2.31. The van der Waals surface area contributed by atoms with Crippen molar-refractivity contribution in [3.63, 3.8) is 0 Å². The predicted molar refractivity (Wildman–Crippen MR) is 92.4 cm³/mol. The van der Waals surface area contributed by atoms with E-state index in [1.165, 1.54) is 0 Å². The monoisotopic (exact) mass is 319 g/mol. The van der Waals surface area contributed by atoms with Crippen LogP contribution in [-0.2, 0) is 11.3 Å². The summed E-state index contributed by atoms with van der Waals surface area (Å²) in [6, 6.07) is 20.5. The van der Waals surface area contributed by atoms with E-state index in [9.17, 15) is 9.59 Å². The van der Waals surface area contributed by atoms with Crippen molar-refractivity contribution in [1.82, 2.24) is 15.6 Å². The Morgan fingerprint density at radius 1 is 0.833 bits per heavy atom. The Labute approximate surface area is 139 Å². The zero-order chi connectivity index (χ0) is 16.8. The lowest BCUT2D eigenvalue weighted by Gasteiger charge is -2.07. The summed E-state index contributed by atoms with van der Waals surface area (Å²) in [7, 11) is 0. The van der Waals surface area contributed by atoms with Crippen molar-refractivity contribution in [1.29, 1.82) is 0 Å². The molecule has 2 N–H and O–H groups in total. The van der Waals surface area contributed by atoms with Crippen LogP contribution in [0.15, 0.2) is 66.7 Å². The molecular formula is C19H17N3O2. The Bertz CT molecular complexity index is 863. The maximum Gasteiger partial charge on any atom is 0.251 e. The van der Waals surface area contributed by atoms with Crippen LogP contribution in [0.4, 0.5) is 0 Å². The van der Waals surface area contributed by atoms with Crippen LogP contribution in [0.25, 0.3) is 10.9 Å². The first-order valence-corrected chi connectivity index (χ1v) is 7.67. The molecule has 0 atom stereocenters. The maximum atomic E-state index is 11.9. The topological polar surface area (TPSA) is 71.1 Å². The van der Waals surface area contributed by atoms with Gasteiger partial charge in [-0.2, -0.15) is 0 Å². The van der Waals surface area contributed by atoms with Gasteiger partial charge in [-0.1, -0.05) is 42.5 Å². The molecule has 1 aromatic heterocycles. The lowest BCUT2D eigenvalue weighted by Crippen LogP contribution is -2.36. The molecule has 0 aliphatic carbocycles. The number of nitrogens with one attached hydrogen (secondary N) is 2. The molecule has 2 aromatic carbocycles. The minimum absolute atomic E-state index is 0.0681. The molecule has 0 aliphatic rings. The summed E-state index contributed by atoms with van der Waals surface area (Å²) in [6.45, 7) is 0.256. The Morgan fingerprint density at radius 2 is 1.58 bits per heavy atom. The van der Waals surface area contributed by atoms with Crippen LogP contribution in [0.1, 0.15) is 16.1 Å². The Kier molecular flexibility index (Phi) is 4.81. The van der Waals surface area contributed by atoms with E-state index in [1.807, 2.05) is 42.5 Å². The van der Waals surface area contributed by atoms with E-state index in [-0.39, 0.29) is 18.4 Å². The van der Waals surface area contributed by atoms with E-state index in [4.69, 9.17) is 0 Å². The molecule has 120 valence electrons. The zero-order valence-corrected chi connectivity index (χ0v) is 13.0. The fraction of sp³-hybridized carbons (Fsp3) is 0.105. The molecule has 24 heavy (non-hydrogen) atoms. The van der Waals surface area contributed by atoms with Gasteiger partial charge < -0.3 is 10.6 Å². The molecule has 0 bridgehead atoms. The molecule has 0 saturated heterocycles. The van der Waals surface area contributed by atoms with Gasteiger partial charge in [0.1, 0.15) is 0 Å². The largest absolute Gasteiger partial charge is 0.349 e. The normalized spacial score (nSPS) is 10.3. The van der Waals surface area contributed by atoms with E-state index >= 15 is 0 Å². The van der Waals surface area contributed by atoms with Crippen LogP contribution in [0.5, 0.6) is 0 Å². The van der Waals surface area contributed by atoms with Gasteiger partial charge in [0, 0.05) is 10.9 Å². The summed E-state index contributed by atoms with van der Waals surface area (Å²) in [5, 5.41) is 6.41. The third kappa shape index (κ3) is 3.95. The standard InChI is InChI=1S/C19H17N3O2/c23-18(13-21-19(24)15-7-2-1-3-8-15)20-12-16-11-10-14-6-4-5-9-17(14)22-16/h1-11H,12-13H2,(H,20,23)(H,21,24). The highest BCUT2D eigenvalue weighted by Gasteiger charge is 2.07.